The summed E-state index contributed by atoms with van der Waals surface area (Å²) in [6.45, 7) is 2.33. The van der Waals surface area contributed by atoms with Crippen LogP contribution in [0.4, 0.5) is 16.4 Å². The highest BCUT2D eigenvalue weighted by Crippen LogP contribution is 2.33. The summed E-state index contributed by atoms with van der Waals surface area (Å²) in [7, 11) is 0. The van der Waals surface area contributed by atoms with E-state index in [1.54, 1.807) is 10.7 Å². The number of nitrogens with zero attached hydrogens (tertiary/aromatic N) is 5. The quantitative estimate of drug-likeness (QED) is 0.398. The minimum Gasteiger partial charge on any atom is -0.366 e. The van der Waals surface area contributed by atoms with Crippen LogP contribution in [0.5, 0.6) is 0 Å². The van der Waals surface area contributed by atoms with Crippen LogP contribution in [0.1, 0.15) is 23.7 Å². The van der Waals surface area contributed by atoms with Crippen molar-refractivity contribution in [2.75, 3.05) is 17.7 Å². The number of rotatable bonds is 3. The number of hydrogen-bond acceptors (Lipinski definition) is 6. The molecule has 0 bridgehead atoms. The second-order valence-electron chi connectivity index (χ2n) is 8.55. The van der Waals surface area contributed by atoms with E-state index in [4.69, 9.17) is 10.6 Å². The van der Waals surface area contributed by atoms with Crippen LogP contribution < -0.4 is 11.1 Å². The fourth-order valence-corrected chi connectivity index (χ4v) is 4.45. The van der Waals surface area contributed by atoms with Gasteiger partial charge in [-0.25, -0.2) is 9.31 Å². The lowest BCUT2D eigenvalue weighted by atomic mass is 10.0. The first-order valence-electron chi connectivity index (χ1n) is 11.4. The standard InChI is InChI=1S/C26H23N7O2/c1-16-22(13-21(14-28-16)20-8-9-24-30-25(27)31-32(24)15-20)29-26(34)33-23(10-11-35-33)19-7-6-17-4-2-3-5-18(17)12-19/h2-9,12-15,23H,10-11H2,1H3,(H2,27,31)(H,29,34)/t23-/m0/s1. The summed E-state index contributed by atoms with van der Waals surface area (Å²) in [6.07, 6.45) is 4.32. The Morgan fingerprint density at radius 2 is 1.94 bits per heavy atom. The third kappa shape index (κ3) is 3.91. The first kappa shape index (κ1) is 21.1. The maximum atomic E-state index is 13.3. The molecule has 35 heavy (non-hydrogen) atoms. The van der Waals surface area contributed by atoms with E-state index in [-0.39, 0.29) is 18.0 Å². The zero-order chi connectivity index (χ0) is 23.9. The third-order valence-electron chi connectivity index (χ3n) is 6.27. The SMILES string of the molecule is Cc1ncc(-c2ccc3nc(N)nn3c2)cc1NC(=O)N1OCC[C@H]1c1ccc2ccccc2c1. The molecule has 0 radical (unpaired) electrons. The molecular weight excluding hydrogens is 442 g/mol. The Hall–Kier alpha value is -4.50. The molecule has 0 unspecified atom stereocenters. The number of hydrogen-bond donors (Lipinski definition) is 2. The van der Waals surface area contributed by atoms with Gasteiger partial charge >= 0.3 is 6.03 Å². The molecule has 174 valence electrons. The van der Waals surface area contributed by atoms with E-state index in [1.807, 2.05) is 43.5 Å². The van der Waals surface area contributed by atoms with Crippen molar-refractivity contribution < 1.29 is 9.63 Å². The number of nitrogen functional groups attached to an aromatic ring is 1. The molecule has 4 heterocycles. The maximum Gasteiger partial charge on any atom is 0.346 e. The normalized spacial score (nSPS) is 15.7. The summed E-state index contributed by atoms with van der Waals surface area (Å²) in [5.41, 5.74) is 10.4. The van der Waals surface area contributed by atoms with Crippen molar-refractivity contribution in [1.29, 1.82) is 0 Å². The summed E-state index contributed by atoms with van der Waals surface area (Å²) in [5.74, 6) is 0.212. The van der Waals surface area contributed by atoms with Gasteiger partial charge in [-0.1, -0.05) is 36.4 Å². The summed E-state index contributed by atoms with van der Waals surface area (Å²) in [5, 5.41) is 10.9. The zero-order valence-corrected chi connectivity index (χ0v) is 19.0. The van der Waals surface area contributed by atoms with Crippen LogP contribution in [-0.4, -0.2) is 37.3 Å². The number of urea groups is 1. The number of aromatic nitrogens is 4. The maximum absolute atomic E-state index is 13.3. The number of hydroxylamine groups is 2. The van der Waals surface area contributed by atoms with Gasteiger partial charge in [-0.15, -0.1) is 5.10 Å². The van der Waals surface area contributed by atoms with E-state index in [2.05, 4.69) is 50.7 Å². The minimum atomic E-state index is -0.331. The second kappa shape index (κ2) is 8.37. The summed E-state index contributed by atoms with van der Waals surface area (Å²) in [6, 6.07) is 19.6. The fourth-order valence-electron chi connectivity index (χ4n) is 4.45. The van der Waals surface area contributed by atoms with Crippen LogP contribution in [0.3, 0.4) is 0 Å². The Kier molecular flexibility index (Phi) is 5.04. The highest BCUT2D eigenvalue weighted by atomic mass is 16.7. The van der Waals surface area contributed by atoms with Crippen molar-refractivity contribution in [1.82, 2.24) is 24.6 Å². The van der Waals surface area contributed by atoms with E-state index in [0.717, 1.165) is 33.9 Å². The second-order valence-corrected chi connectivity index (χ2v) is 8.55. The van der Waals surface area contributed by atoms with Crippen molar-refractivity contribution in [3.8, 4) is 11.1 Å². The number of pyridine rings is 2. The molecule has 9 heteroatoms. The summed E-state index contributed by atoms with van der Waals surface area (Å²) in [4.78, 5) is 27.6. The van der Waals surface area contributed by atoms with E-state index in [0.29, 0.717) is 23.6 Å². The van der Waals surface area contributed by atoms with Crippen LogP contribution in [0.25, 0.3) is 27.5 Å². The Bertz CT molecular complexity index is 1580. The lowest BCUT2D eigenvalue weighted by molar-refractivity contribution is -0.0829. The molecule has 1 saturated heterocycles. The first-order valence-corrected chi connectivity index (χ1v) is 11.4. The Labute approximate surface area is 201 Å². The van der Waals surface area contributed by atoms with Gasteiger partial charge in [0.1, 0.15) is 0 Å². The van der Waals surface area contributed by atoms with Crippen molar-refractivity contribution in [3.63, 3.8) is 0 Å². The molecule has 6 rings (SSSR count). The molecule has 0 aliphatic carbocycles. The molecule has 2 aromatic carbocycles. The van der Waals surface area contributed by atoms with Gasteiger partial charge in [-0.05, 0) is 47.5 Å². The molecule has 5 aromatic rings. The average molecular weight is 466 g/mol. The number of benzene rings is 2. The molecule has 3 aromatic heterocycles. The first-order chi connectivity index (χ1) is 17.0. The predicted octanol–water partition coefficient (Wildman–Crippen LogP) is 4.75. The highest BCUT2D eigenvalue weighted by Gasteiger charge is 2.32. The van der Waals surface area contributed by atoms with Gasteiger partial charge in [-0.2, -0.15) is 10.0 Å². The van der Waals surface area contributed by atoms with E-state index >= 15 is 0 Å². The number of aryl methyl sites for hydroxylation is 1. The van der Waals surface area contributed by atoms with Crippen LogP contribution in [0, 0.1) is 6.92 Å². The molecule has 1 aliphatic rings. The lowest BCUT2D eigenvalue weighted by Gasteiger charge is -2.24. The zero-order valence-electron chi connectivity index (χ0n) is 19.0. The topological polar surface area (TPSA) is 111 Å². The van der Waals surface area contributed by atoms with E-state index in [1.165, 1.54) is 5.06 Å². The number of carbonyl (C=O) groups is 1. The van der Waals surface area contributed by atoms with Crippen LogP contribution >= 0.6 is 0 Å². The average Bonchev–Trinajstić information content (AvgIpc) is 3.50. The molecule has 1 aliphatic heterocycles. The van der Waals surface area contributed by atoms with Crippen molar-refractivity contribution in [2.45, 2.75) is 19.4 Å². The van der Waals surface area contributed by atoms with Crippen molar-refractivity contribution >= 4 is 34.1 Å². The predicted molar refractivity (Wildman–Crippen MR) is 133 cm³/mol. The molecule has 1 atom stereocenters. The fraction of sp³-hybridized carbons (Fsp3) is 0.154. The monoisotopic (exact) mass is 465 g/mol. The van der Waals surface area contributed by atoms with Gasteiger partial charge in [0.05, 0.1) is 24.0 Å². The molecule has 1 fully saturated rings. The van der Waals surface area contributed by atoms with Crippen LogP contribution in [0.15, 0.2) is 73.1 Å². The number of fused-ring (bicyclic) bond motifs is 2. The number of carbonyl (C=O) groups excluding carboxylic acids is 1. The Morgan fingerprint density at radius 3 is 2.83 bits per heavy atom. The number of amides is 2. The van der Waals surface area contributed by atoms with E-state index in [9.17, 15) is 4.79 Å². The van der Waals surface area contributed by atoms with Crippen molar-refractivity contribution in [2.24, 2.45) is 0 Å². The molecular formula is C26H23N7O2. The van der Waals surface area contributed by atoms with Gasteiger partial charge in [0, 0.05) is 29.9 Å². The third-order valence-corrected chi connectivity index (χ3v) is 6.27. The lowest BCUT2D eigenvalue weighted by Crippen LogP contribution is -2.33. The molecule has 3 N–H and O–H groups in total. The van der Waals surface area contributed by atoms with Gasteiger partial charge in [-0.3, -0.25) is 9.82 Å². The number of anilines is 2. The summed E-state index contributed by atoms with van der Waals surface area (Å²) >= 11 is 0. The van der Waals surface area contributed by atoms with Gasteiger partial charge in [0.15, 0.2) is 5.65 Å². The smallest absolute Gasteiger partial charge is 0.346 e. The molecule has 0 saturated carbocycles. The van der Waals surface area contributed by atoms with Gasteiger partial charge in [0.25, 0.3) is 0 Å². The molecule has 2 amide bonds. The van der Waals surface area contributed by atoms with E-state index < -0.39 is 0 Å². The molecule has 0 spiro atoms. The highest BCUT2D eigenvalue weighted by molar-refractivity contribution is 5.91. The van der Waals surface area contributed by atoms with Crippen LogP contribution in [0.2, 0.25) is 0 Å². The van der Waals surface area contributed by atoms with Crippen molar-refractivity contribution in [3.05, 3.63) is 84.3 Å². The number of nitrogens with two attached hydrogens (primary N) is 1. The van der Waals surface area contributed by atoms with Gasteiger partial charge < -0.3 is 11.1 Å². The van der Waals surface area contributed by atoms with Gasteiger partial charge in [0.2, 0.25) is 5.95 Å². The largest absolute Gasteiger partial charge is 0.366 e. The van der Waals surface area contributed by atoms with Crippen LogP contribution in [-0.2, 0) is 4.84 Å². The minimum absolute atomic E-state index is 0.170. The summed E-state index contributed by atoms with van der Waals surface area (Å²) < 4.78 is 1.62. The number of nitrogens with one attached hydrogen (secondary N) is 1. The Balaban J connectivity index is 1.26. The Morgan fingerprint density at radius 1 is 1.09 bits per heavy atom. The molecule has 9 nitrogen and oxygen atoms in total.